The summed E-state index contributed by atoms with van der Waals surface area (Å²) >= 11 is 3.38. The fourth-order valence-electron chi connectivity index (χ4n) is 2.27. The van der Waals surface area contributed by atoms with Gasteiger partial charge in [-0.3, -0.25) is 9.59 Å². The van der Waals surface area contributed by atoms with E-state index in [1.807, 2.05) is 24.3 Å². The third kappa shape index (κ3) is 5.41. The van der Waals surface area contributed by atoms with E-state index in [2.05, 4.69) is 26.6 Å². The number of benzene rings is 2. The quantitative estimate of drug-likeness (QED) is 0.672. The maximum Gasteiger partial charge on any atom is 0.282 e. The molecule has 0 aliphatic carbocycles. The number of nitriles is 1. The number of para-hydroxylation sites is 1. The molecular weight excluding hydrogens is 396 g/mol. The number of rotatable bonds is 6. The lowest BCUT2D eigenvalue weighted by molar-refractivity contribution is -0.885. The molecule has 2 amide bonds. The standard InChI is InChI=1S/C19H19BrN4O2/c1-13(19(26)22-15-9-7-14(11-21)8-10-15)24(2)12-18(25)23-17-6-4-3-5-16(17)20/h3-10,13H,12H2,1-2H3,(H,22,26)(H,23,25)/p+1/t13-/m0/s1. The summed E-state index contributed by atoms with van der Waals surface area (Å²) in [4.78, 5) is 25.3. The van der Waals surface area contributed by atoms with E-state index in [1.165, 1.54) is 0 Å². The van der Waals surface area contributed by atoms with E-state index in [0.717, 1.165) is 9.37 Å². The van der Waals surface area contributed by atoms with Crippen LogP contribution in [-0.4, -0.2) is 31.4 Å². The van der Waals surface area contributed by atoms with Crippen LogP contribution in [0.15, 0.2) is 53.0 Å². The number of hydrogen-bond acceptors (Lipinski definition) is 3. The van der Waals surface area contributed by atoms with Crippen LogP contribution >= 0.6 is 15.9 Å². The van der Waals surface area contributed by atoms with Crippen molar-refractivity contribution in [3.8, 4) is 6.07 Å². The summed E-state index contributed by atoms with van der Waals surface area (Å²) in [6.45, 7) is 1.92. The first-order chi connectivity index (χ1) is 12.4. The molecule has 0 bridgehead atoms. The fraction of sp³-hybridized carbons (Fsp3) is 0.211. The third-order valence-electron chi connectivity index (χ3n) is 4.00. The maximum absolute atomic E-state index is 12.4. The van der Waals surface area contributed by atoms with Gasteiger partial charge in [0, 0.05) is 10.2 Å². The Morgan fingerprint density at radius 2 is 1.81 bits per heavy atom. The number of nitrogens with one attached hydrogen (secondary N) is 3. The SMILES string of the molecule is C[C@@H](C(=O)Nc1ccc(C#N)cc1)[NH+](C)CC(=O)Nc1ccccc1Br. The van der Waals surface area contributed by atoms with E-state index < -0.39 is 6.04 Å². The van der Waals surface area contributed by atoms with Gasteiger partial charge in [0.05, 0.1) is 24.4 Å². The van der Waals surface area contributed by atoms with Crippen LogP contribution in [0.4, 0.5) is 11.4 Å². The van der Waals surface area contributed by atoms with Gasteiger partial charge in [0.15, 0.2) is 12.6 Å². The zero-order valence-electron chi connectivity index (χ0n) is 14.5. The normalized spacial score (nSPS) is 12.5. The third-order valence-corrected chi connectivity index (χ3v) is 4.69. The molecule has 0 saturated carbocycles. The molecule has 0 aliphatic rings. The molecule has 0 heterocycles. The van der Waals surface area contributed by atoms with Crippen molar-refractivity contribution >= 4 is 39.1 Å². The molecule has 26 heavy (non-hydrogen) atoms. The van der Waals surface area contributed by atoms with Crippen molar-refractivity contribution in [2.45, 2.75) is 13.0 Å². The predicted molar refractivity (Wildman–Crippen MR) is 104 cm³/mol. The molecule has 0 fully saturated rings. The van der Waals surface area contributed by atoms with Crippen molar-refractivity contribution < 1.29 is 14.5 Å². The Balaban J connectivity index is 1.90. The fourth-order valence-corrected chi connectivity index (χ4v) is 2.65. The second kappa shape index (κ2) is 9.13. The molecule has 0 aromatic heterocycles. The number of anilines is 2. The van der Waals surface area contributed by atoms with Gasteiger partial charge >= 0.3 is 0 Å². The first-order valence-electron chi connectivity index (χ1n) is 8.08. The van der Waals surface area contributed by atoms with Gasteiger partial charge < -0.3 is 15.5 Å². The smallest absolute Gasteiger partial charge is 0.282 e. The van der Waals surface area contributed by atoms with Crippen LogP contribution in [0.25, 0.3) is 0 Å². The molecule has 0 radical (unpaired) electrons. The van der Waals surface area contributed by atoms with Gasteiger partial charge in [0.2, 0.25) is 0 Å². The molecule has 2 rings (SSSR count). The first kappa shape index (κ1) is 19.6. The average Bonchev–Trinajstić information content (AvgIpc) is 2.63. The molecule has 0 aliphatic heterocycles. The van der Waals surface area contributed by atoms with Crippen molar-refractivity contribution in [2.24, 2.45) is 0 Å². The maximum atomic E-state index is 12.4. The van der Waals surface area contributed by atoms with Crippen molar-refractivity contribution in [2.75, 3.05) is 24.2 Å². The molecule has 134 valence electrons. The predicted octanol–water partition coefficient (Wildman–Crippen LogP) is 1.80. The molecule has 2 aromatic carbocycles. The molecule has 7 heteroatoms. The largest absolute Gasteiger partial charge is 0.321 e. The molecular formula is C19H20BrN4O2+. The molecule has 0 spiro atoms. The number of carbonyl (C=O) groups excluding carboxylic acids is 2. The van der Waals surface area contributed by atoms with Crippen molar-refractivity contribution in [3.05, 3.63) is 58.6 Å². The molecule has 6 nitrogen and oxygen atoms in total. The van der Waals surface area contributed by atoms with Crippen LogP contribution < -0.4 is 15.5 Å². The zero-order valence-corrected chi connectivity index (χ0v) is 16.1. The highest BCUT2D eigenvalue weighted by Crippen LogP contribution is 2.20. The Kier molecular flexibility index (Phi) is 6.89. The van der Waals surface area contributed by atoms with Crippen LogP contribution in [0.2, 0.25) is 0 Å². The summed E-state index contributed by atoms with van der Waals surface area (Å²) in [6.07, 6.45) is 0. The van der Waals surface area contributed by atoms with Crippen LogP contribution in [0.1, 0.15) is 12.5 Å². The summed E-state index contributed by atoms with van der Waals surface area (Å²) in [5.74, 6) is -0.367. The lowest BCUT2D eigenvalue weighted by Crippen LogP contribution is -3.14. The van der Waals surface area contributed by atoms with Gasteiger partial charge in [-0.25, -0.2) is 0 Å². The number of likely N-dealkylation sites (N-methyl/N-ethyl adjacent to an activating group) is 1. The average molecular weight is 416 g/mol. The van der Waals surface area contributed by atoms with Gasteiger partial charge in [-0.15, -0.1) is 0 Å². The summed E-state index contributed by atoms with van der Waals surface area (Å²) in [6, 6.07) is 15.6. The molecule has 0 saturated heterocycles. The number of nitrogens with zero attached hydrogens (tertiary/aromatic N) is 1. The number of halogens is 1. The molecule has 2 atom stereocenters. The highest BCUT2D eigenvalue weighted by molar-refractivity contribution is 9.10. The second-order valence-corrected chi connectivity index (χ2v) is 6.81. The van der Waals surface area contributed by atoms with E-state index in [1.54, 1.807) is 44.3 Å². The number of amides is 2. The zero-order chi connectivity index (χ0) is 19.1. The Labute approximate surface area is 160 Å². The van der Waals surface area contributed by atoms with Gasteiger partial charge in [0.1, 0.15) is 0 Å². The van der Waals surface area contributed by atoms with Crippen molar-refractivity contribution in [1.29, 1.82) is 5.26 Å². The number of quaternary nitrogens is 1. The monoisotopic (exact) mass is 415 g/mol. The Morgan fingerprint density at radius 3 is 2.42 bits per heavy atom. The summed E-state index contributed by atoms with van der Waals surface area (Å²) in [5, 5.41) is 14.4. The lowest BCUT2D eigenvalue weighted by Gasteiger charge is -2.20. The Bertz CT molecular complexity index is 830. The van der Waals surface area contributed by atoms with Crippen molar-refractivity contribution in [1.82, 2.24) is 0 Å². The van der Waals surface area contributed by atoms with Gasteiger partial charge in [0.25, 0.3) is 11.8 Å². The molecule has 1 unspecified atom stereocenters. The Hall–Kier alpha value is -2.69. The second-order valence-electron chi connectivity index (χ2n) is 5.95. The van der Waals surface area contributed by atoms with Crippen LogP contribution in [0.3, 0.4) is 0 Å². The highest BCUT2D eigenvalue weighted by Gasteiger charge is 2.24. The van der Waals surface area contributed by atoms with Crippen molar-refractivity contribution in [3.63, 3.8) is 0 Å². The van der Waals surface area contributed by atoms with Gasteiger partial charge in [-0.05, 0) is 59.3 Å². The molecule has 3 N–H and O–H groups in total. The minimum atomic E-state index is -0.421. The number of hydrogen-bond donors (Lipinski definition) is 3. The van der Waals surface area contributed by atoms with Crippen LogP contribution in [-0.2, 0) is 9.59 Å². The summed E-state index contributed by atoms with van der Waals surface area (Å²) < 4.78 is 0.803. The lowest BCUT2D eigenvalue weighted by atomic mass is 10.2. The molecule has 2 aromatic rings. The van der Waals surface area contributed by atoms with Gasteiger partial charge in [-0.2, -0.15) is 5.26 Å². The first-order valence-corrected chi connectivity index (χ1v) is 8.87. The van der Waals surface area contributed by atoms with E-state index >= 15 is 0 Å². The minimum Gasteiger partial charge on any atom is -0.321 e. The Morgan fingerprint density at radius 1 is 1.15 bits per heavy atom. The van der Waals surface area contributed by atoms with E-state index in [0.29, 0.717) is 16.9 Å². The number of carbonyl (C=O) groups is 2. The topological polar surface area (TPSA) is 86.4 Å². The minimum absolute atomic E-state index is 0.156. The summed E-state index contributed by atoms with van der Waals surface area (Å²) in [7, 11) is 1.79. The van der Waals surface area contributed by atoms with Crippen LogP contribution in [0.5, 0.6) is 0 Å². The van der Waals surface area contributed by atoms with E-state index in [-0.39, 0.29) is 18.4 Å². The van der Waals surface area contributed by atoms with E-state index in [9.17, 15) is 9.59 Å². The summed E-state index contributed by atoms with van der Waals surface area (Å²) in [5.41, 5.74) is 1.84. The van der Waals surface area contributed by atoms with E-state index in [4.69, 9.17) is 5.26 Å². The van der Waals surface area contributed by atoms with Crippen LogP contribution in [0, 0.1) is 11.3 Å². The highest BCUT2D eigenvalue weighted by atomic mass is 79.9. The van der Waals surface area contributed by atoms with Gasteiger partial charge in [-0.1, -0.05) is 12.1 Å².